The number of amides is 1. The molecule has 17 heavy (non-hydrogen) atoms. The van der Waals surface area contributed by atoms with Gasteiger partial charge in [0.25, 0.3) is 0 Å². The molecule has 0 aromatic rings. The number of carbonyl (C=O) groups excluding carboxylic acids is 1. The number of hydrogen-bond acceptors (Lipinski definition) is 2. The van der Waals surface area contributed by atoms with E-state index in [1.165, 1.54) is 0 Å². The predicted octanol–water partition coefficient (Wildman–Crippen LogP) is 3.83. The molecule has 0 saturated carbocycles. The summed E-state index contributed by atoms with van der Waals surface area (Å²) in [7, 11) is 0. The molecule has 3 nitrogen and oxygen atoms in total. The standard InChI is InChI=1S/C14H23NO2/c1-8(2)11-7-15-14(16)17-13(10(5)6)12(11)9(3)4/h7-10H,1-6H3,(H,15,16). The molecule has 1 amide bonds. The van der Waals surface area contributed by atoms with Crippen LogP contribution in [-0.2, 0) is 4.74 Å². The molecule has 0 aromatic heterocycles. The number of hydrogen-bond donors (Lipinski definition) is 1. The van der Waals surface area contributed by atoms with Gasteiger partial charge in [-0.1, -0.05) is 41.5 Å². The molecule has 1 heterocycles. The van der Waals surface area contributed by atoms with E-state index in [1.807, 2.05) is 13.8 Å². The lowest BCUT2D eigenvalue weighted by Gasteiger charge is -2.22. The highest BCUT2D eigenvalue weighted by Crippen LogP contribution is 2.33. The normalized spacial score (nSPS) is 17.2. The van der Waals surface area contributed by atoms with E-state index in [1.54, 1.807) is 6.20 Å². The number of alkyl carbamates (subject to hydrolysis) is 1. The molecule has 0 aliphatic carbocycles. The van der Waals surface area contributed by atoms with Gasteiger partial charge in [0.15, 0.2) is 0 Å². The smallest absolute Gasteiger partial charge is 0.414 e. The summed E-state index contributed by atoms with van der Waals surface area (Å²) >= 11 is 0. The zero-order valence-corrected chi connectivity index (χ0v) is 11.6. The van der Waals surface area contributed by atoms with Crippen LogP contribution in [0.25, 0.3) is 0 Å². The van der Waals surface area contributed by atoms with Gasteiger partial charge in [0, 0.05) is 12.1 Å². The number of cyclic esters (lactones) is 1. The monoisotopic (exact) mass is 237 g/mol. The first-order valence-electron chi connectivity index (χ1n) is 6.27. The molecule has 0 radical (unpaired) electrons. The quantitative estimate of drug-likeness (QED) is 0.810. The fraction of sp³-hybridized carbons (Fsp3) is 0.643. The molecule has 0 saturated heterocycles. The summed E-state index contributed by atoms with van der Waals surface area (Å²) in [6, 6.07) is 0. The lowest BCUT2D eigenvalue weighted by atomic mass is 9.85. The Morgan fingerprint density at radius 1 is 1.00 bits per heavy atom. The third-order valence-electron chi connectivity index (χ3n) is 2.85. The highest BCUT2D eigenvalue weighted by molar-refractivity contribution is 5.71. The van der Waals surface area contributed by atoms with E-state index in [4.69, 9.17) is 4.74 Å². The Kier molecular flexibility index (Phi) is 4.38. The Hall–Kier alpha value is -1.25. The molecule has 1 aliphatic rings. The molecule has 0 unspecified atom stereocenters. The average Bonchev–Trinajstić information content (AvgIpc) is 2.36. The van der Waals surface area contributed by atoms with Crippen molar-refractivity contribution in [1.82, 2.24) is 5.32 Å². The molecule has 1 aliphatic heterocycles. The van der Waals surface area contributed by atoms with Crippen molar-refractivity contribution in [3.8, 4) is 0 Å². The van der Waals surface area contributed by atoms with Gasteiger partial charge in [-0.25, -0.2) is 4.79 Å². The Bertz CT molecular complexity index is 362. The van der Waals surface area contributed by atoms with E-state index in [0.29, 0.717) is 11.8 Å². The van der Waals surface area contributed by atoms with Crippen LogP contribution in [0.5, 0.6) is 0 Å². The Labute approximate surface area is 104 Å². The van der Waals surface area contributed by atoms with Crippen LogP contribution in [0.4, 0.5) is 4.79 Å². The summed E-state index contributed by atoms with van der Waals surface area (Å²) in [6.45, 7) is 12.6. The largest absolute Gasteiger partial charge is 0.416 e. The van der Waals surface area contributed by atoms with Gasteiger partial charge in [0.05, 0.1) is 0 Å². The second-order valence-electron chi connectivity index (χ2n) is 5.38. The highest BCUT2D eigenvalue weighted by atomic mass is 16.6. The van der Waals surface area contributed by atoms with Crippen molar-refractivity contribution in [2.45, 2.75) is 41.5 Å². The zero-order valence-electron chi connectivity index (χ0n) is 11.6. The van der Waals surface area contributed by atoms with Gasteiger partial charge in [0.1, 0.15) is 5.76 Å². The molecular formula is C14H23NO2. The first-order valence-corrected chi connectivity index (χ1v) is 6.27. The van der Waals surface area contributed by atoms with Crippen molar-refractivity contribution < 1.29 is 9.53 Å². The van der Waals surface area contributed by atoms with E-state index in [9.17, 15) is 4.79 Å². The maximum atomic E-state index is 11.5. The molecule has 0 aromatic carbocycles. The number of ether oxygens (including phenoxy) is 1. The maximum absolute atomic E-state index is 11.5. The Morgan fingerprint density at radius 3 is 2.00 bits per heavy atom. The molecule has 1 rings (SSSR count). The second kappa shape index (κ2) is 5.39. The molecule has 0 bridgehead atoms. The van der Waals surface area contributed by atoms with Gasteiger partial charge >= 0.3 is 6.09 Å². The number of allylic oxidation sites excluding steroid dienone is 3. The SMILES string of the molecule is CC(C)C1=CNC(=O)OC(C(C)C)=C1C(C)C. The molecule has 96 valence electrons. The summed E-state index contributed by atoms with van der Waals surface area (Å²) in [4.78, 5) is 11.5. The first kappa shape index (κ1) is 13.8. The minimum atomic E-state index is -0.387. The van der Waals surface area contributed by atoms with Crippen LogP contribution in [-0.4, -0.2) is 6.09 Å². The summed E-state index contributed by atoms with van der Waals surface area (Å²) in [5.74, 6) is 1.71. The minimum absolute atomic E-state index is 0.207. The fourth-order valence-corrected chi connectivity index (χ4v) is 2.07. The Balaban J connectivity index is 3.35. The van der Waals surface area contributed by atoms with E-state index in [2.05, 4.69) is 33.0 Å². The molecule has 3 heteroatoms. The van der Waals surface area contributed by atoms with Gasteiger partial charge < -0.3 is 4.74 Å². The van der Waals surface area contributed by atoms with E-state index < -0.39 is 0 Å². The predicted molar refractivity (Wildman–Crippen MR) is 69.2 cm³/mol. The van der Waals surface area contributed by atoms with E-state index in [0.717, 1.165) is 16.9 Å². The number of carbonyl (C=O) groups is 1. The lowest BCUT2D eigenvalue weighted by Crippen LogP contribution is -2.18. The van der Waals surface area contributed by atoms with Crippen LogP contribution in [0.3, 0.4) is 0 Å². The van der Waals surface area contributed by atoms with Gasteiger partial charge in [-0.05, 0) is 23.0 Å². The zero-order chi connectivity index (χ0) is 13.2. The third kappa shape index (κ3) is 3.11. The van der Waals surface area contributed by atoms with Crippen LogP contribution in [0.1, 0.15) is 41.5 Å². The number of rotatable bonds is 3. The van der Waals surface area contributed by atoms with Crippen molar-refractivity contribution in [1.29, 1.82) is 0 Å². The molecule has 0 spiro atoms. The van der Waals surface area contributed by atoms with Crippen molar-refractivity contribution in [2.24, 2.45) is 17.8 Å². The fourth-order valence-electron chi connectivity index (χ4n) is 2.07. The molecule has 0 fully saturated rings. The minimum Gasteiger partial charge on any atom is -0.414 e. The number of nitrogens with one attached hydrogen (secondary N) is 1. The molecule has 1 N–H and O–H groups in total. The van der Waals surface area contributed by atoms with Gasteiger partial charge in [-0.15, -0.1) is 0 Å². The summed E-state index contributed by atoms with van der Waals surface area (Å²) < 4.78 is 5.40. The van der Waals surface area contributed by atoms with E-state index >= 15 is 0 Å². The average molecular weight is 237 g/mol. The van der Waals surface area contributed by atoms with Crippen LogP contribution in [0, 0.1) is 17.8 Å². The summed E-state index contributed by atoms with van der Waals surface area (Å²) in [6.07, 6.45) is 1.40. The molecular weight excluding hydrogens is 214 g/mol. The topological polar surface area (TPSA) is 38.3 Å². The van der Waals surface area contributed by atoms with E-state index in [-0.39, 0.29) is 12.0 Å². The van der Waals surface area contributed by atoms with Crippen LogP contribution >= 0.6 is 0 Å². The first-order chi connectivity index (χ1) is 7.84. The summed E-state index contributed by atoms with van der Waals surface area (Å²) in [5, 5.41) is 2.68. The maximum Gasteiger partial charge on any atom is 0.416 e. The van der Waals surface area contributed by atoms with Crippen molar-refractivity contribution >= 4 is 6.09 Å². The van der Waals surface area contributed by atoms with Gasteiger partial charge in [-0.3, -0.25) is 5.32 Å². The van der Waals surface area contributed by atoms with Crippen molar-refractivity contribution in [3.63, 3.8) is 0 Å². The van der Waals surface area contributed by atoms with Crippen LogP contribution < -0.4 is 5.32 Å². The summed E-state index contributed by atoms with van der Waals surface area (Å²) in [5.41, 5.74) is 2.32. The van der Waals surface area contributed by atoms with Gasteiger partial charge in [0.2, 0.25) is 0 Å². The Morgan fingerprint density at radius 2 is 1.59 bits per heavy atom. The molecule has 0 atom stereocenters. The highest BCUT2D eigenvalue weighted by Gasteiger charge is 2.25. The lowest BCUT2D eigenvalue weighted by molar-refractivity contribution is 0.170. The van der Waals surface area contributed by atoms with Crippen molar-refractivity contribution in [3.05, 3.63) is 23.1 Å². The van der Waals surface area contributed by atoms with Crippen LogP contribution in [0.15, 0.2) is 23.1 Å². The second-order valence-corrected chi connectivity index (χ2v) is 5.38. The van der Waals surface area contributed by atoms with Gasteiger partial charge in [-0.2, -0.15) is 0 Å². The van der Waals surface area contributed by atoms with Crippen LogP contribution in [0.2, 0.25) is 0 Å². The van der Waals surface area contributed by atoms with Crippen molar-refractivity contribution in [2.75, 3.05) is 0 Å². The third-order valence-corrected chi connectivity index (χ3v) is 2.85.